The second-order valence-corrected chi connectivity index (χ2v) is 12.2. The van der Waals surface area contributed by atoms with E-state index in [0.29, 0.717) is 23.2 Å². The van der Waals surface area contributed by atoms with E-state index in [9.17, 15) is 9.65 Å². The highest BCUT2D eigenvalue weighted by molar-refractivity contribution is 7.18. The van der Waals surface area contributed by atoms with Crippen LogP contribution in [0.15, 0.2) is 55.0 Å². The zero-order valence-electron chi connectivity index (χ0n) is 23.2. The Labute approximate surface area is 246 Å². The van der Waals surface area contributed by atoms with Crippen molar-refractivity contribution in [1.82, 2.24) is 29.8 Å². The second-order valence-electron chi connectivity index (χ2n) is 11.2. The van der Waals surface area contributed by atoms with E-state index in [2.05, 4.69) is 55.7 Å². The first-order valence-electron chi connectivity index (χ1n) is 14.1. The van der Waals surface area contributed by atoms with Crippen LogP contribution < -0.4 is 15.5 Å². The van der Waals surface area contributed by atoms with Gasteiger partial charge in [0.05, 0.1) is 34.2 Å². The van der Waals surface area contributed by atoms with Gasteiger partial charge in [-0.3, -0.25) is 4.98 Å². The van der Waals surface area contributed by atoms with Gasteiger partial charge in [0.15, 0.2) is 16.6 Å². The molecule has 1 saturated carbocycles. The lowest BCUT2D eigenvalue weighted by atomic mass is 9.92. The maximum absolute atomic E-state index is 14.3. The second kappa shape index (κ2) is 10.6. The SMILES string of the molecule is CC(C)Nc1cc(-c2ccc3cc(C#N)cnn23)ncc1-c1nnc(N2C[C@H]3CC[C@@H](C2)C3Nc2ncccc2F)s1. The number of aromatic nitrogens is 6. The quantitative estimate of drug-likeness (QED) is 0.258. The lowest BCUT2D eigenvalue weighted by Gasteiger charge is -2.38. The minimum absolute atomic E-state index is 0.192. The normalized spacial score (nSPS) is 19.8. The number of hydrogen-bond acceptors (Lipinski definition) is 10. The van der Waals surface area contributed by atoms with E-state index in [1.807, 2.05) is 30.5 Å². The molecule has 1 aliphatic heterocycles. The van der Waals surface area contributed by atoms with Gasteiger partial charge >= 0.3 is 0 Å². The maximum Gasteiger partial charge on any atom is 0.208 e. The zero-order chi connectivity index (χ0) is 28.8. The molecule has 10 nitrogen and oxygen atoms in total. The molecule has 2 aliphatic rings. The van der Waals surface area contributed by atoms with Crippen molar-refractivity contribution in [3.05, 3.63) is 66.4 Å². The van der Waals surface area contributed by atoms with Crippen LogP contribution >= 0.6 is 11.3 Å². The monoisotopic (exact) mass is 580 g/mol. The van der Waals surface area contributed by atoms with Crippen molar-refractivity contribution in [3.63, 3.8) is 0 Å². The molecule has 2 fully saturated rings. The molecule has 5 aromatic heterocycles. The van der Waals surface area contributed by atoms with E-state index < -0.39 is 0 Å². The first-order chi connectivity index (χ1) is 20.5. The summed E-state index contributed by atoms with van der Waals surface area (Å²) < 4.78 is 16.1. The van der Waals surface area contributed by atoms with E-state index in [4.69, 9.17) is 4.98 Å². The number of pyridine rings is 2. The topological polar surface area (TPSA) is 120 Å². The van der Waals surface area contributed by atoms with Gasteiger partial charge in [-0.05, 0) is 74.9 Å². The standard InChI is InChI=1S/C30H29FN10S/c1-17(2)36-24-11-25(26-8-7-21-10-18(12-32)13-35-41(21)26)34-14-22(24)29-38-39-30(42-29)40-15-19-5-6-20(16-40)27(19)37-28-23(31)4-3-9-33-28/h3-4,7-11,13-14,17,19-20,27H,5-6,15-16H2,1-2H3,(H,33,37)(H,34,36)/t19-,20+,27?. The molecule has 1 unspecified atom stereocenters. The molecular weight excluding hydrogens is 551 g/mol. The van der Waals surface area contributed by atoms with Crippen LogP contribution in [0.2, 0.25) is 0 Å². The Kier molecular flexibility index (Phi) is 6.66. The Bertz CT molecular complexity index is 1790. The summed E-state index contributed by atoms with van der Waals surface area (Å²) in [5.41, 5.74) is 4.76. The Morgan fingerprint density at radius 3 is 2.67 bits per heavy atom. The minimum Gasteiger partial charge on any atom is -0.382 e. The molecule has 1 aliphatic carbocycles. The molecule has 42 heavy (non-hydrogen) atoms. The fraction of sp³-hybridized carbons (Fsp3) is 0.333. The summed E-state index contributed by atoms with van der Waals surface area (Å²) in [6.45, 7) is 5.87. The first kappa shape index (κ1) is 26.3. The number of nitrogens with zero attached hydrogens (tertiary/aromatic N) is 8. The molecule has 0 spiro atoms. The minimum atomic E-state index is -0.312. The molecule has 7 rings (SSSR count). The van der Waals surface area contributed by atoms with Gasteiger partial charge in [-0.25, -0.2) is 13.9 Å². The van der Waals surface area contributed by atoms with Gasteiger partial charge in [-0.2, -0.15) is 10.4 Å². The molecule has 5 aromatic rings. The summed E-state index contributed by atoms with van der Waals surface area (Å²) in [4.78, 5) is 11.3. The van der Waals surface area contributed by atoms with Gasteiger partial charge in [0.1, 0.15) is 6.07 Å². The van der Waals surface area contributed by atoms with Crippen molar-refractivity contribution in [3.8, 4) is 28.0 Å². The van der Waals surface area contributed by atoms with Gasteiger partial charge < -0.3 is 15.5 Å². The number of nitrogens with one attached hydrogen (secondary N) is 2. The van der Waals surface area contributed by atoms with Gasteiger partial charge in [-0.1, -0.05) is 11.3 Å². The molecule has 0 radical (unpaired) electrons. The van der Waals surface area contributed by atoms with Crippen LogP contribution in [0, 0.1) is 29.0 Å². The average Bonchev–Trinajstić information content (AvgIpc) is 3.69. The summed E-state index contributed by atoms with van der Waals surface area (Å²) in [6.07, 6.45) is 7.21. The highest BCUT2D eigenvalue weighted by Crippen LogP contribution is 2.42. The Hall–Kier alpha value is -4.63. The van der Waals surface area contributed by atoms with E-state index >= 15 is 0 Å². The van der Waals surface area contributed by atoms with Crippen LogP contribution in [0.3, 0.4) is 0 Å². The third-order valence-electron chi connectivity index (χ3n) is 8.05. The van der Waals surface area contributed by atoms with Crippen molar-refractivity contribution in [2.24, 2.45) is 11.8 Å². The van der Waals surface area contributed by atoms with Crippen molar-refractivity contribution in [2.75, 3.05) is 28.6 Å². The van der Waals surface area contributed by atoms with Crippen LogP contribution in [0.5, 0.6) is 0 Å². The van der Waals surface area contributed by atoms with E-state index in [0.717, 1.165) is 64.2 Å². The van der Waals surface area contributed by atoms with Crippen LogP contribution in [-0.2, 0) is 0 Å². The van der Waals surface area contributed by atoms with E-state index in [1.54, 1.807) is 34.3 Å². The molecule has 0 amide bonds. The Morgan fingerprint density at radius 2 is 1.90 bits per heavy atom. The highest BCUT2D eigenvalue weighted by Gasteiger charge is 2.43. The molecular formula is C30H29FN10S. The Morgan fingerprint density at radius 1 is 1.07 bits per heavy atom. The number of fused-ring (bicyclic) bond motifs is 3. The van der Waals surface area contributed by atoms with Gasteiger partial charge in [0, 0.05) is 43.3 Å². The third kappa shape index (κ3) is 4.79. The summed E-state index contributed by atoms with van der Waals surface area (Å²) in [5.74, 6) is 0.786. The Balaban J connectivity index is 1.14. The summed E-state index contributed by atoms with van der Waals surface area (Å²) in [5, 5.41) is 31.5. The summed E-state index contributed by atoms with van der Waals surface area (Å²) in [7, 11) is 0. The number of nitriles is 1. The molecule has 3 atom stereocenters. The number of halogens is 1. The molecule has 212 valence electrons. The molecule has 0 aromatic carbocycles. The number of piperidine rings is 1. The third-order valence-corrected chi connectivity index (χ3v) is 9.07. The predicted molar refractivity (Wildman–Crippen MR) is 161 cm³/mol. The lowest BCUT2D eigenvalue weighted by Crippen LogP contribution is -2.48. The molecule has 2 N–H and O–H groups in total. The van der Waals surface area contributed by atoms with Crippen molar-refractivity contribution >= 4 is 33.5 Å². The van der Waals surface area contributed by atoms with Crippen LogP contribution in [0.25, 0.3) is 27.5 Å². The van der Waals surface area contributed by atoms with Crippen LogP contribution in [0.4, 0.5) is 21.0 Å². The average molecular weight is 581 g/mol. The smallest absolute Gasteiger partial charge is 0.208 e. The van der Waals surface area contributed by atoms with Crippen LogP contribution in [0.1, 0.15) is 32.3 Å². The lowest BCUT2D eigenvalue weighted by molar-refractivity contribution is 0.375. The van der Waals surface area contributed by atoms with Gasteiger partial charge in [0.2, 0.25) is 5.13 Å². The molecule has 6 heterocycles. The van der Waals surface area contributed by atoms with Crippen molar-refractivity contribution in [2.45, 2.75) is 38.8 Å². The van der Waals surface area contributed by atoms with Gasteiger partial charge in [0.25, 0.3) is 0 Å². The van der Waals surface area contributed by atoms with Crippen LogP contribution in [-0.4, -0.2) is 55.0 Å². The first-order valence-corrected chi connectivity index (χ1v) is 14.9. The summed E-state index contributed by atoms with van der Waals surface area (Å²) in [6, 6.07) is 13.3. The van der Waals surface area contributed by atoms with E-state index in [-0.39, 0.29) is 17.9 Å². The number of rotatable bonds is 7. The fourth-order valence-corrected chi connectivity index (χ4v) is 7.05. The number of anilines is 3. The molecule has 12 heteroatoms. The fourth-order valence-electron chi connectivity index (χ4n) is 6.17. The maximum atomic E-state index is 14.3. The molecule has 1 saturated heterocycles. The number of hydrogen-bond donors (Lipinski definition) is 2. The largest absolute Gasteiger partial charge is 0.382 e. The molecule has 2 bridgehead atoms. The van der Waals surface area contributed by atoms with E-state index in [1.165, 1.54) is 6.07 Å². The highest BCUT2D eigenvalue weighted by atomic mass is 32.1. The van der Waals surface area contributed by atoms with Crippen molar-refractivity contribution in [1.29, 1.82) is 5.26 Å². The van der Waals surface area contributed by atoms with Gasteiger partial charge in [-0.15, -0.1) is 10.2 Å². The summed E-state index contributed by atoms with van der Waals surface area (Å²) >= 11 is 1.57. The zero-order valence-corrected chi connectivity index (χ0v) is 24.0. The van der Waals surface area contributed by atoms with Crippen molar-refractivity contribution < 1.29 is 4.39 Å². The predicted octanol–water partition coefficient (Wildman–Crippen LogP) is 5.47.